The molecule has 88 valence electrons. The van der Waals surface area contributed by atoms with E-state index in [2.05, 4.69) is 0 Å². The first-order valence-corrected chi connectivity index (χ1v) is 6.33. The molecule has 1 heterocycles. The van der Waals surface area contributed by atoms with Gasteiger partial charge in [-0.3, -0.25) is 4.79 Å². The molecule has 2 atom stereocenters. The molecule has 2 unspecified atom stereocenters. The van der Waals surface area contributed by atoms with Crippen molar-refractivity contribution in [1.82, 2.24) is 0 Å². The Labute approximate surface area is 101 Å². The number of ether oxygens (including phenoxy) is 1. The van der Waals surface area contributed by atoms with Gasteiger partial charge < -0.3 is 4.74 Å². The maximum atomic E-state index is 12.2. The number of ketones is 1. The standard InChI is InChI=1S/C15H16O2/c16-15(11-6-2-1-3-7-11)14-10-12-8-4-5-9-13(12)17-14/h1-3,6-7,10,12-13H,4-5,8-9H2. The molecule has 2 nitrogen and oxygen atoms in total. The van der Waals surface area contributed by atoms with E-state index in [1.54, 1.807) is 0 Å². The third-order valence-corrected chi connectivity index (χ3v) is 3.66. The lowest BCUT2D eigenvalue weighted by Crippen LogP contribution is -2.21. The summed E-state index contributed by atoms with van der Waals surface area (Å²) in [7, 11) is 0. The highest BCUT2D eigenvalue weighted by atomic mass is 16.5. The van der Waals surface area contributed by atoms with Crippen molar-refractivity contribution in [1.29, 1.82) is 0 Å². The number of Topliss-reactive ketones (excluding diaryl/α,β-unsaturated/α-hetero) is 1. The van der Waals surface area contributed by atoms with E-state index in [0.29, 0.717) is 11.7 Å². The largest absolute Gasteiger partial charge is 0.486 e. The molecule has 0 bridgehead atoms. The molecule has 0 saturated heterocycles. The molecular weight excluding hydrogens is 212 g/mol. The van der Waals surface area contributed by atoms with Gasteiger partial charge >= 0.3 is 0 Å². The average molecular weight is 228 g/mol. The zero-order valence-electron chi connectivity index (χ0n) is 9.76. The molecule has 0 amide bonds. The maximum Gasteiger partial charge on any atom is 0.227 e. The Morgan fingerprint density at radius 2 is 1.88 bits per heavy atom. The highest BCUT2D eigenvalue weighted by molar-refractivity contribution is 6.07. The van der Waals surface area contributed by atoms with Crippen molar-refractivity contribution in [2.24, 2.45) is 5.92 Å². The van der Waals surface area contributed by atoms with Crippen molar-refractivity contribution in [2.75, 3.05) is 0 Å². The Kier molecular flexibility index (Phi) is 2.71. The zero-order valence-corrected chi connectivity index (χ0v) is 9.76. The van der Waals surface area contributed by atoms with Crippen LogP contribution in [0.1, 0.15) is 36.0 Å². The van der Waals surface area contributed by atoms with Crippen molar-refractivity contribution in [3.05, 3.63) is 47.7 Å². The zero-order chi connectivity index (χ0) is 11.7. The van der Waals surface area contributed by atoms with Crippen molar-refractivity contribution >= 4 is 5.78 Å². The van der Waals surface area contributed by atoms with Crippen molar-refractivity contribution in [2.45, 2.75) is 31.8 Å². The first kappa shape index (κ1) is 10.6. The van der Waals surface area contributed by atoms with E-state index >= 15 is 0 Å². The summed E-state index contributed by atoms with van der Waals surface area (Å²) in [5.74, 6) is 1.06. The summed E-state index contributed by atoms with van der Waals surface area (Å²) < 4.78 is 5.79. The van der Waals surface area contributed by atoms with Gasteiger partial charge in [-0.2, -0.15) is 0 Å². The molecule has 1 saturated carbocycles. The third-order valence-electron chi connectivity index (χ3n) is 3.66. The van der Waals surface area contributed by atoms with Crippen molar-refractivity contribution < 1.29 is 9.53 Å². The molecule has 1 aliphatic heterocycles. The van der Waals surface area contributed by atoms with Crippen LogP contribution in [-0.2, 0) is 4.74 Å². The fourth-order valence-electron chi connectivity index (χ4n) is 2.72. The third kappa shape index (κ3) is 1.99. The number of fused-ring (bicyclic) bond motifs is 1. The lowest BCUT2D eigenvalue weighted by atomic mass is 9.87. The highest BCUT2D eigenvalue weighted by Crippen LogP contribution is 2.35. The number of carbonyl (C=O) groups is 1. The summed E-state index contributed by atoms with van der Waals surface area (Å²) >= 11 is 0. The molecule has 1 aliphatic carbocycles. The van der Waals surface area contributed by atoms with Gasteiger partial charge in [0.1, 0.15) is 6.10 Å². The quantitative estimate of drug-likeness (QED) is 0.726. The molecule has 1 aromatic carbocycles. The van der Waals surface area contributed by atoms with E-state index in [0.717, 1.165) is 18.4 Å². The van der Waals surface area contributed by atoms with E-state index in [1.165, 1.54) is 12.8 Å². The Balaban J connectivity index is 1.80. The molecule has 2 heteroatoms. The maximum absolute atomic E-state index is 12.2. The van der Waals surface area contributed by atoms with Crippen LogP contribution in [0.4, 0.5) is 0 Å². The predicted octanol–water partition coefficient (Wildman–Crippen LogP) is 3.34. The van der Waals surface area contributed by atoms with Gasteiger partial charge in [-0.15, -0.1) is 0 Å². The second-order valence-corrected chi connectivity index (χ2v) is 4.83. The fraction of sp³-hybridized carbons (Fsp3) is 0.400. The summed E-state index contributed by atoms with van der Waals surface area (Å²) in [6.45, 7) is 0. The topological polar surface area (TPSA) is 26.3 Å². The molecule has 1 aromatic rings. The number of benzene rings is 1. The van der Waals surface area contributed by atoms with Crippen LogP contribution in [-0.4, -0.2) is 11.9 Å². The predicted molar refractivity (Wildman–Crippen MR) is 65.7 cm³/mol. The number of hydrogen-bond acceptors (Lipinski definition) is 2. The van der Waals surface area contributed by atoms with Crippen LogP contribution >= 0.6 is 0 Å². The lowest BCUT2D eigenvalue weighted by molar-refractivity contribution is 0.0663. The first-order valence-electron chi connectivity index (χ1n) is 6.33. The van der Waals surface area contributed by atoms with Crippen LogP contribution in [0.5, 0.6) is 0 Å². The number of rotatable bonds is 2. The van der Waals surface area contributed by atoms with E-state index in [4.69, 9.17) is 4.74 Å². The smallest absolute Gasteiger partial charge is 0.227 e. The van der Waals surface area contributed by atoms with E-state index in [-0.39, 0.29) is 11.9 Å². The van der Waals surface area contributed by atoms with Crippen molar-refractivity contribution in [3.8, 4) is 0 Å². The summed E-state index contributed by atoms with van der Waals surface area (Å²) in [6, 6.07) is 9.37. The normalized spacial score (nSPS) is 26.9. The van der Waals surface area contributed by atoms with Crippen molar-refractivity contribution in [3.63, 3.8) is 0 Å². The Morgan fingerprint density at radius 1 is 1.12 bits per heavy atom. The van der Waals surface area contributed by atoms with Gasteiger partial charge in [0, 0.05) is 11.5 Å². The molecule has 0 N–H and O–H groups in total. The highest BCUT2D eigenvalue weighted by Gasteiger charge is 2.33. The molecule has 0 aromatic heterocycles. The summed E-state index contributed by atoms with van der Waals surface area (Å²) in [6.07, 6.45) is 7.03. The lowest BCUT2D eigenvalue weighted by Gasteiger charge is -2.23. The molecule has 3 rings (SSSR count). The monoisotopic (exact) mass is 228 g/mol. The van der Waals surface area contributed by atoms with Gasteiger partial charge in [0.05, 0.1) is 0 Å². The molecule has 17 heavy (non-hydrogen) atoms. The Hall–Kier alpha value is -1.57. The summed E-state index contributed by atoms with van der Waals surface area (Å²) in [5.41, 5.74) is 0.720. The van der Waals surface area contributed by atoms with Crippen LogP contribution < -0.4 is 0 Å². The summed E-state index contributed by atoms with van der Waals surface area (Å²) in [5, 5.41) is 0. The van der Waals surface area contributed by atoms with Gasteiger partial charge in [-0.05, 0) is 25.3 Å². The molecular formula is C15H16O2. The summed E-state index contributed by atoms with van der Waals surface area (Å²) in [4.78, 5) is 12.2. The molecule has 0 spiro atoms. The van der Waals surface area contributed by atoms with E-state index in [1.807, 2.05) is 36.4 Å². The number of allylic oxidation sites excluding steroid dienone is 1. The number of hydrogen-bond donors (Lipinski definition) is 0. The Morgan fingerprint density at radius 3 is 2.65 bits per heavy atom. The first-order chi connectivity index (χ1) is 8.34. The van der Waals surface area contributed by atoms with E-state index in [9.17, 15) is 4.79 Å². The van der Waals surface area contributed by atoms with Crippen LogP contribution in [0.2, 0.25) is 0 Å². The van der Waals surface area contributed by atoms with Gasteiger partial charge in [0.15, 0.2) is 5.76 Å². The number of carbonyl (C=O) groups excluding carboxylic acids is 1. The van der Waals surface area contributed by atoms with Gasteiger partial charge in [-0.25, -0.2) is 0 Å². The van der Waals surface area contributed by atoms with Crippen LogP contribution in [0.3, 0.4) is 0 Å². The van der Waals surface area contributed by atoms with Gasteiger partial charge in [-0.1, -0.05) is 36.8 Å². The molecule has 1 fully saturated rings. The average Bonchev–Trinajstić information content (AvgIpc) is 2.82. The SMILES string of the molecule is O=C(C1=CC2CCCCC2O1)c1ccccc1. The minimum atomic E-state index is 0.0278. The van der Waals surface area contributed by atoms with Crippen LogP contribution in [0.15, 0.2) is 42.2 Å². The minimum absolute atomic E-state index is 0.0278. The molecule has 0 radical (unpaired) electrons. The van der Waals surface area contributed by atoms with Gasteiger partial charge in [0.25, 0.3) is 0 Å². The minimum Gasteiger partial charge on any atom is -0.486 e. The fourth-order valence-corrected chi connectivity index (χ4v) is 2.72. The second-order valence-electron chi connectivity index (χ2n) is 4.83. The van der Waals surface area contributed by atoms with Crippen LogP contribution in [0.25, 0.3) is 0 Å². The molecule has 2 aliphatic rings. The second kappa shape index (κ2) is 4.36. The Bertz CT molecular complexity index is 447. The van der Waals surface area contributed by atoms with Gasteiger partial charge in [0.2, 0.25) is 5.78 Å². The van der Waals surface area contributed by atoms with Crippen LogP contribution in [0, 0.1) is 5.92 Å². The van der Waals surface area contributed by atoms with E-state index < -0.39 is 0 Å².